The molecule has 0 radical (unpaired) electrons. The van der Waals surface area contributed by atoms with Crippen LogP contribution in [0, 0.1) is 5.92 Å². The summed E-state index contributed by atoms with van der Waals surface area (Å²) in [6, 6.07) is 12.2. The van der Waals surface area contributed by atoms with Gasteiger partial charge in [0.05, 0.1) is 5.56 Å². The number of Topliss-reactive ketones (excluding diaryl/α,β-unsaturated/α-hetero) is 1. The van der Waals surface area contributed by atoms with E-state index < -0.39 is 11.7 Å². The topological polar surface area (TPSA) is 29.1 Å². The summed E-state index contributed by atoms with van der Waals surface area (Å²) in [5, 5.41) is 3.38. The number of hydrogen-bond acceptors (Lipinski definition) is 2. The molecular weight excluding hydrogens is 351 g/mol. The Morgan fingerprint density at radius 3 is 2.48 bits per heavy atom. The van der Waals surface area contributed by atoms with Crippen LogP contribution in [0.25, 0.3) is 0 Å². The lowest BCUT2D eigenvalue weighted by Gasteiger charge is -2.23. The number of ketones is 1. The number of carbonyl (C=O) groups is 1. The van der Waals surface area contributed by atoms with Crippen LogP contribution >= 0.6 is 0 Å². The van der Waals surface area contributed by atoms with Gasteiger partial charge in [-0.15, -0.1) is 0 Å². The SMILES string of the molecule is O=C(Cc1cccc(C(F)(F)F)c1)c1ccccc1NCC1CCCCC1. The van der Waals surface area contributed by atoms with Gasteiger partial charge in [0, 0.05) is 24.2 Å². The zero-order valence-corrected chi connectivity index (χ0v) is 15.2. The highest BCUT2D eigenvalue weighted by molar-refractivity contribution is 6.02. The molecular formula is C22H24F3NO. The first-order valence-corrected chi connectivity index (χ1v) is 9.46. The Kier molecular flexibility index (Phi) is 6.19. The molecule has 0 aliphatic heterocycles. The van der Waals surface area contributed by atoms with E-state index >= 15 is 0 Å². The zero-order valence-electron chi connectivity index (χ0n) is 15.2. The first kappa shape index (κ1) is 19.5. The van der Waals surface area contributed by atoms with Gasteiger partial charge < -0.3 is 5.32 Å². The summed E-state index contributed by atoms with van der Waals surface area (Å²) in [6.07, 6.45) is 1.75. The van der Waals surface area contributed by atoms with Crippen molar-refractivity contribution in [2.45, 2.75) is 44.7 Å². The highest BCUT2D eigenvalue weighted by atomic mass is 19.4. The Hall–Kier alpha value is -2.30. The third-order valence-corrected chi connectivity index (χ3v) is 5.15. The van der Waals surface area contributed by atoms with Crippen molar-refractivity contribution in [3.05, 3.63) is 65.2 Å². The van der Waals surface area contributed by atoms with E-state index in [9.17, 15) is 18.0 Å². The number of alkyl halides is 3. The second-order valence-corrected chi connectivity index (χ2v) is 7.23. The fraction of sp³-hybridized carbons (Fsp3) is 0.409. The summed E-state index contributed by atoms with van der Waals surface area (Å²) < 4.78 is 38.6. The van der Waals surface area contributed by atoms with Crippen molar-refractivity contribution >= 4 is 11.5 Å². The number of anilines is 1. The molecule has 0 spiro atoms. The van der Waals surface area contributed by atoms with Crippen molar-refractivity contribution in [3.63, 3.8) is 0 Å². The predicted octanol–water partition coefficient (Wildman–Crippen LogP) is 6.12. The van der Waals surface area contributed by atoms with Crippen molar-refractivity contribution < 1.29 is 18.0 Å². The average Bonchev–Trinajstić information content (AvgIpc) is 2.67. The van der Waals surface area contributed by atoms with Crippen molar-refractivity contribution in [1.82, 2.24) is 0 Å². The van der Waals surface area contributed by atoms with Gasteiger partial charge in [0.25, 0.3) is 0 Å². The molecule has 1 N–H and O–H groups in total. The largest absolute Gasteiger partial charge is 0.416 e. The maximum absolute atomic E-state index is 12.9. The zero-order chi connectivity index (χ0) is 19.3. The molecule has 5 heteroatoms. The third-order valence-electron chi connectivity index (χ3n) is 5.15. The standard InChI is InChI=1S/C22H24F3NO/c23-22(24,25)18-10-6-9-17(13-18)14-21(27)19-11-4-5-12-20(19)26-15-16-7-2-1-3-8-16/h4-6,9-13,16,26H,1-3,7-8,14-15H2. The molecule has 1 fully saturated rings. The van der Waals surface area contributed by atoms with E-state index in [1.807, 2.05) is 12.1 Å². The Labute approximate surface area is 157 Å². The lowest BCUT2D eigenvalue weighted by Crippen LogP contribution is -2.18. The summed E-state index contributed by atoms with van der Waals surface area (Å²) in [5.41, 5.74) is 0.944. The molecule has 0 saturated heterocycles. The fourth-order valence-corrected chi connectivity index (χ4v) is 3.66. The molecule has 0 heterocycles. The lowest BCUT2D eigenvalue weighted by molar-refractivity contribution is -0.137. The average molecular weight is 375 g/mol. The van der Waals surface area contributed by atoms with Crippen molar-refractivity contribution in [1.29, 1.82) is 0 Å². The van der Waals surface area contributed by atoms with E-state index in [1.165, 1.54) is 38.2 Å². The minimum absolute atomic E-state index is 0.0496. The number of rotatable bonds is 6. The van der Waals surface area contributed by atoms with E-state index in [1.54, 1.807) is 18.2 Å². The van der Waals surface area contributed by atoms with Crippen LogP contribution in [0.15, 0.2) is 48.5 Å². The molecule has 1 aliphatic carbocycles. The van der Waals surface area contributed by atoms with Crippen molar-refractivity contribution in [2.24, 2.45) is 5.92 Å². The molecule has 2 aromatic rings. The molecule has 2 aromatic carbocycles. The lowest BCUT2D eigenvalue weighted by atomic mass is 9.89. The second kappa shape index (κ2) is 8.59. The van der Waals surface area contributed by atoms with Crippen LogP contribution in [-0.2, 0) is 12.6 Å². The maximum Gasteiger partial charge on any atom is 0.416 e. The van der Waals surface area contributed by atoms with Gasteiger partial charge in [0.1, 0.15) is 0 Å². The van der Waals surface area contributed by atoms with Gasteiger partial charge in [-0.25, -0.2) is 0 Å². The molecule has 1 saturated carbocycles. The Morgan fingerprint density at radius 2 is 1.74 bits per heavy atom. The first-order chi connectivity index (χ1) is 12.9. The van der Waals surface area contributed by atoms with Crippen LogP contribution in [0.2, 0.25) is 0 Å². The summed E-state index contributed by atoms with van der Waals surface area (Å²) in [7, 11) is 0. The van der Waals surface area contributed by atoms with Gasteiger partial charge in [-0.1, -0.05) is 49.6 Å². The van der Waals surface area contributed by atoms with Gasteiger partial charge in [-0.05, 0) is 42.5 Å². The number of nitrogens with one attached hydrogen (secondary N) is 1. The molecule has 0 bridgehead atoms. The summed E-state index contributed by atoms with van der Waals surface area (Å²) in [6.45, 7) is 0.827. The second-order valence-electron chi connectivity index (χ2n) is 7.23. The van der Waals surface area contributed by atoms with E-state index in [-0.39, 0.29) is 12.2 Å². The van der Waals surface area contributed by atoms with E-state index in [0.717, 1.165) is 24.4 Å². The van der Waals surface area contributed by atoms with Gasteiger partial charge in [-0.2, -0.15) is 13.2 Å². The van der Waals surface area contributed by atoms with Crippen molar-refractivity contribution in [3.8, 4) is 0 Å². The molecule has 3 rings (SSSR count). The van der Waals surface area contributed by atoms with Crippen LogP contribution in [-0.4, -0.2) is 12.3 Å². The number of benzene rings is 2. The smallest absolute Gasteiger partial charge is 0.384 e. The minimum atomic E-state index is -4.40. The van der Waals surface area contributed by atoms with Crippen LogP contribution in [0.4, 0.5) is 18.9 Å². The van der Waals surface area contributed by atoms with Gasteiger partial charge in [0.2, 0.25) is 0 Å². The maximum atomic E-state index is 12.9. The van der Waals surface area contributed by atoms with E-state index in [4.69, 9.17) is 0 Å². The monoisotopic (exact) mass is 375 g/mol. The Bertz CT molecular complexity index is 779. The molecule has 144 valence electrons. The van der Waals surface area contributed by atoms with Crippen molar-refractivity contribution in [2.75, 3.05) is 11.9 Å². The number of para-hydroxylation sites is 1. The summed E-state index contributed by atoms with van der Waals surface area (Å²) in [4.78, 5) is 12.7. The molecule has 0 atom stereocenters. The third kappa shape index (κ3) is 5.34. The van der Waals surface area contributed by atoms with Gasteiger partial charge in [-0.3, -0.25) is 4.79 Å². The minimum Gasteiger partial charge on any atom is -0.384 e. The van der Waals surface area contributed by atoms with Gasteiger partial charge >= 0.3 is 6.18 Å². The van der Waals surface area contributed by atoms with E-state index in [2.05, 4.69) is 5.32 Å². The molecule has 27 heavy (non-hydrogen) atoms. The van der Waals surface area contributed by atoms with Crippen LogP contribution in [0.5, 0.6) is 0 Å². The Morgan fingerprint density at radius 1 is 1.00 bits per heavy atom. The van der Waals surface area contributed by atoms with Crippen LogP contribution in [0.1, 0.15) is 53.6 Å². The number of carbonyl (C=O) groups excluding carboxylic acids is 1. The normalized spacial score (nSPS) is 15.5. The quantitative estimate of drug-likeness (QED) is 0.616. The Balaban J connectivity index is 1.69. The first-order valence-electron chi connectivity index (χ1n) is 9.46. The fourth-order valence-electron chi connectivity index (χ4n) is 3.66. The van der Waals surface area contributed by atoms with Crippen LogP contribution in [0.3, 0.4) is 0 Å². The molecule has 0 aromatic heterocycles. The predicted molar refractivity (Wildman–Crippen MR) is 101 cm³/mol. The highest BCUT2D eigenvalue weighted by Crippen LogP contribution is 2.30. The molecule has 2 nitrogen and oxygen atoms in total. The number of halogens is 3. The summed E-state index contributed by atoms with van der Waals surface area (Å²) >= 11 is 0. The van der Waals surface area contributed by atoms with Crippen LogP contribution < -0.4 is 5.32 Å². The highest BCUT2D eigenvalue weighted by Gasteiger charge is 2.30. The summed E-state index contributed by atoms with van der Waals surface area (Å²) in [5.74, 6) is 0.437. The van der Waals surface area contributed by atoms with E-state index in [0.29, 0.717) is 17.0 Å². The molecule has 0 unspecified atom stereocenters. The molecule has 0 amide bonds. The number of hydrogen-bond donors (Lipinski definition) is 1. The molecule has 1 aliphatic rings. The van der Waals surface area contributed by atoms with Gasteiger partial charge in [0.15, 0.2) is 5.78 Å².